The molecule has 100 valence electrons. The number of nitrogens with zero attached hydrogens (tertiary/aromatic N) is 2. The molecular weight excluding hydrogens is 242 g/mol. The molecule has 1 aromatic rings. The first kappa shape index (κ1) is 13.7. The molecule has 2 rings (SSSR count). The molecule has 1 aliphatic heterocycles. The highest BCUT2D eigenvalue weighted by Gasteiger charge is 2.26. The Kier molecular flexibility index (Phi) is 4.89. The molecule has 1 aliphatic rings. The first-order chi connectivity index (χ1) is 8.74. The van der Waals surface area contributed by atoms with Gasteiger partial charge in [0.2, 0.25) is 0 Å². The summed E-state index contributed by atoms with van der Waals surface area (Å²) in [5.41, 5.74) is 2.66. The van der Waals surface area contributed by atoms with Crippen LogP contribution in [0.3, 0.4) is 0 Å². The number of thioether (sulfide) groups is 1. The van der Waals surface area contributed by atoms with Crippen molar-refractivity contribution in [3.05, 3.63) is 24.0 Å². The lowest BCUT2D eigenvalue weighted by Gasteiger charge is -2.40. The molecule has 2 heterocycles. The average molecular weight is 265 g/mol. The maximum Gasteiger partial charge on any atom is 0.0445 e. The second-order valence-electron chi connectivity index (χ2n) is 4.79. The van der Waals surface area contributed by atoms with E-state index >= 15 is 0 Å². The summed E-state index contributed by atoms with van der Waals surface area (Å²) < 4.78 is 0. The second-order valence-corrected chi connectivity index (χ2v) is 6.28. The summed E-state index contributed by atoms with van der Waals surface area (Å²) in [5.74, 6) is 1.22. The minimum atomic E-state index is 0.589. The first-order valence-electron chi connectivity index (χ1n) is 6.76. The molecule has 1 saturated heterocycles. The Morgan fingerprint density at radius 3 is 3.11 bits per heavy atom. The highest BCUT2D eigenvalue weighted by atomic mass is 32.2. The van der Waals surface area contributed by atoms with E-state index in [1.807, 2.05) is 12.4 Å². The van der Waals surface area contributed by atoms with E-state index in [0.29, 0.717) is 11.3 Å². The summed E-state index contributed by atoms with van der Waals surface area (Å²) >= 11 is 2.08. The van der Waals surface area contributed by atoms with Crippen LogP contribution >= 0.6 is 11.8 Å². The van der Waals surface area contributed by atoms with E-state index in [1.54, 1.807) is 0 Å². The number of aromatic nitrogens is 1. The van der Waals surface area contributed by atoms with Gasteiger partial charge in [-0.15, -0.1) is 0 Å². The average Bonchev–Trinajstić information content (AvgIpc) is 2.40. The molecule has 0 aliphatic carbocycles. The maximum absolute atomic E-state index is 4.27. The van der Waals surface area contributed by atoms with E-state index in [9.17, 15) is 0 Å². The quantitative estimate of drug-likeness (QED) is 0.905. The van der Waals surface area contributed by atoms with Crippen LogP contribution in [0.15, 0.2) is 18.5 Å². The summed E-state index contributed by atoms with van der Waals surface area (Å²) in [6.45, 7) is 9.83. The van der Waals surface area contributed by atoms with Crippen LogP contribution in [0.1, 0.15) is 26.3 Å². The van der Waals surface area contributed by atoms with E-state index in [-0.39, 0.29) is 0 Å². The van der Waals surface area contributed by atoms with E-state index in [4.69, 9.17) is 0 Å². The monoisotopic (exact) mass is 265 g/mol. The third-order valence-corrected chi connectivity index (χ3v) is 4.97. The smallest absolute Gasteiger partial charge is 0.0445 e. The van der Waals surface area contributed by atoms with Crippen LogP contribution in [-0.2, 0) is 6.54 Å². The highest BCUT2D eigenvalue weighted by molar-refractivity contribution is 8.00. The summed E-state index contributed by atoms with van der Waals surface area (Å²) in [5, 5.41) is 4.09. The van der Waals surface area contributed by atoms with Gasteiger partial charge in [-0.2, -0.15) is 11.8 Å². The van der Waals surface area contributed by atoms with Crippen molar-refractivity contribution in [1.82, 2.24) is 10.3 Å². The maximum atomic E-state index is 4.27. The Morgan fingerprint density at radius 2 is 2.33 bits per heavy atom. The summed E-state index contributed by atoms with van der Waals surface area (Å²) in [6, 6.07) is 2.75. The van der Waals surface area contributed by atoms with Crippen molar-refractivity contribution in [3.8, 4) is 0 Å². The van der Waals surface area contributed by atoms with Crippen molar-refractivity contribution in [2.24, 2.45) is 0 Å². The molecule has 4 heteroatoms. The Labute approximate surface area is 114 Å². The summed E-state index contributed by atoms with van der Waals surface area (Å²) in [7, 11) is 0. The fourth-order valence-electron chi connectivity index (χ4n) is 2.37. The number of nitrogens with one attached hydrogen (secondary N) is 1. The molecule has 18 heavy (non-hydrogen) atoms. The molecule has 3 nitrogen and oxygen atoms in total. The van der Waals surface area contributed by atoms with Gasteiger partial charge in [0.25, 0.3) is 0 Å². The zero-order valence-corrected chi connectivity index (χ0v) is 12.3. The largest absolute Gasteiger partial charge is 0.367 e. The molecule has 1 aromatic heterocycles. The fourth-order valence-corrected chi connectivity index (χ4v) is 3.47. The lowest BCUT2D eigenvalue weighted by molar-refractivity contribution is 0.620. The molecule has 2 atom stereocenters. The lowest BCUT2D eigenvalue weighted by Crippen LogP contribution is -2.45. The molecule has 0 bridgehead atoms. The number of hydrogen-bond acceptors (Lipinski definition) is 4. The van der Waals surface area contributed by atoms with E-state index < -0.39 is 0 Å². The van der Waals surface area contributed by atoms with E-state index in [1.165, 1.54) is 17.0 Å². The highest BCUT2D eigenvalue weighted by Crippen LogP contribution is 2.30. The standard InChI is InChI=1S/C14H23N3S/c1-4-15-9-13-10-16-6-5-14(13)17-7-8-18-12(3)11(17)2/h5-6,10-12,15H,4,7-9H2,1-3H3. The Bertz CT molecular complexity index is 383. The number of anilines is 1. The van der Waals surface area contributed by atoms with Crippen LogP contribution in [0.5, 0.6) is 0 Å². The Balaban J connectivity index is 2.20. The molecule has 2 unspecified atom stereocenters. The minimum Gasteiger partial charge on any atom is -0.367 e. The molecule has 0 aromatic carbocycles. The molecular formula is C14H23N3S. The summed E-state index contributed by atoms with van der Waals surface area (Å²) in [4.78, 5) is 6.80. The van der Waals surface area contributed by atoms with Crippen molar-refractivity contribution in [1.29, 1.82) is 0 Å². The predicted octanol–water partition coefficient (Wildman–Crippen LogP) is 2.52. The zero-order chi connectivity index (χ0) is 13.0. The van der Waals surface area contributed by atoms with Crippen LogP contribution in [0.4, 0.5) is 5.69 Å². The van der Waals surface area contributed by atoms with Gasteiger partial charge in [0.15, 0.2) is 0 Å². The molecule has 1 N–H and O–H groups in total. The predicted molar refractivity (Wildman–Crippen MR) is 80.3 cm³/mol. The zero-order valence-electron chi connectivity index (χ0n) is 11.5. The van der Waals surface area contributed by atoms with E-state index in [0.717, 1.165) is 19.6 Å². The van der Waals surface area contributed by atoms with Crippen molar-refractivity contribution < 1.29 is 0 Å². The van der Waals surface area contributed by atoms with Gasteiger partial charge in [0.1, 0.15) is 0 Å². The van der Waals surface area contributed by atoms with Crippen LogP contribution in [0.2, 0.25) is 0 Å². The Hall–Kier alpha value is -0.740. The third kappa shape index (κ3) is 2.98. The Morgan fingerprint density at radius 1 is 1.50 bits per heavy atom. The number of pyridine rings is 1. The third-order valence-electron chi connectivity index (χ3n) is 3.64. The molecule has 0 saturated carbocycles. The van der Waals surface area contributed by atoms with Crippen molar-refractivity contribution >= 4 is 17.4 Å². The molecule has 1 fully saturated rings. The van der Waals surface area contributed by atoms with Gasteiger partial charge >= 0.3 is 0 Å². The van der Waals surface area contributed by atoms with Crippen LogP contribution in [-0.4, -0.2) is 35.1 Å². The SMILES string of the molecule is CCNCc1cnccc1N1CCSC(C)C1C. The second kappa shape index (κ2) is 6.43. The van der Waals surface area contributed by atoms with E-state index in [2.05, 4.69) is 53.8 Å². The topological polar surface area (TPSA) is 28.2 Å². The molecule has 0 amide bonds. The minimum absolute atomic E-state index is 0.589. The van der Waals surface area contributed by atoms with Gasteiger partial charge in [-0.05, 0) is 19.5 Å². The van der Waals surface area contributed by atoms with Gasteiger partial charge < -0.3 is 10.2 Å². The van der Waals surface area contributed by atoms with Gasteiger partial charge in [0, 0.05) is 53.8 Å². The van der Waals surface area contributed by atoms with Gasteiger partial charge in [-0.25, -0.2) is 0 Å². The molecule has 0 radical (unpaired) electrons. The van der Waals surface area contributed by atoms with Crippen LogP contribution in [0.25, 0.3) is 0 Å². The normalized spacial score (nSPS) is 24.3. The van der Waals surface area contributed by atoms with Crippen LogP contribution < -0.4 is 10.2 Å². The van der Waals surface area contributed by atoms with Crippen molar-refractivity contribution in [2.75, 3.05) is 23.7 Å². The van der Waals surface area contributed by atoms with Crippen molar-refractivity contribution in [3.63, 3.8) is 0 Å². The summed E-state index contributed by atoms with van der Waals surface area (Å²) in [6.07, 6.45) is 3.90. The van der Waals surface area contributed by atoms with Gasteiger partial charge in [0.05, 0.1) is 0 Å². The first-order valence-corrected chi connectivity index (χ1v) is 7.80. The van der Waals surface area contributed by atoms with Gasteiger partial charge in [-0.1, -0.05) is 13.8 Å². The van der Waals surface area contributed by atoms with Crippen LogP contribution in [0, 0.1) is 0 Å². The lowest BCUT2D eigenvalue weighted by atomic mass is 10.1. The number of hydrogen-bond donors (Lipinski definition) is 1. The molecule has 0 spiro atoms. The number of rotatable bonds is 4. The van der Waals surface area contributed by atoms with Crippen molar-refractivity contribution in [2.45, 2.75) is 38.6 Å². The van der Waals surface area contributed by atoms with Gasteiger partial charge in [-0.3, -0.25) is 4.98 Å². The fraction of sp³-hybridized carbons (Fsp3) is 0.643.